The lowest BCUT2D eigenvalue weighted by atomic mass is 9.46. The van der Waals surface area contributed by atoms with Crippen LogP contribution in [0.5, 0.6) is 0 Å². The third-order valence-corrected chi connectivity index (χ3v) is 7.88. The first-order chi connectivity index (χ1) is 10.8. The molecule has 126 valence electrons. The van der Waals surface area contributed by atoms with E-state index in [1.807, 2.05) is 0 Å². The molecular weight excluding hydrogens is 288 g/mol. The highest BCUT2D eigenvalue weighted by Gasteiger charge is 2.60. The molecule has 0 aromatic heterocycles. The van der Waals surface area contributed by atoms with E-state index in [0.717, 1.165) is 49.7 Å². The molecule has 0 aliphatic heterocycles. The van der Waals surface area contributed by atoms with Gasteiger partial charge in [-0.05, 0) is 67.3 Å². The van der Waals surface area contributed by atoms with E-state index in [9.17, 15) is 15.0 Å². The number of Topliss-reactive ketones (excluding diaryl/α,β-unsaturated/α-hetero) is 1. The number of hydrogen-bond donors (Lipinski definition) is 2. The molecule has 3 saturated carbocycles. The summed E-state index contributed by atoms with van der Waals surface area (Å²) >= 11 is 0. The minimum absolute atomic E-state index is 0.0870. The van der Waals surface area contributed by atoms with Crippen LogP contribution in [-0.2, 0) is 4.79 Å². The van der Waals surface area contributed by atoms with Crippen LogP contribution in [0.3, 0.4) is 0 Å². The first-order valence-electron chi connectivity index (χ1n) is 9.12. The van der Waals surface area contributed by atoms with E-state index in [0.29, 0.717) is 30.0 Å². The van der Waals surface area contributed by atoms with Gasteiger partial charge >= 0.3 is 0 Å². The molecule has 4 aliphatic rings. The van der Waals surface area contributed by atoms with Crippen LogP contribution in [0.4, 0.5) is 0 Å². The second-order valence-electron chi connectivity index (χ2n) is 8.83. The highest BCUT2D eigenvalue weighted by molar-refractivity contribution is 5.87. The Bertz CT molecular complexity index is 618. The molecule has 3 nitrogen and oxygen atoms in total. The van der Waals surface area contributed by atoms with Gasteiger partial charge in [-0.25, -0.2) is 0 Å². The van der Waals surface area contributed by atoms with Crippen molar-refractivity contribution in [2.75, 3.05) is 0 Å². The number of allylic oxidation sites excluding steroid dienone is 2. The molecule has 0 aromatic rings. The SMILES string of the molecule is C=C1C[C@@H]2[C@H](CC[C@]3(C)C(=O)CC[C@@H]23)[C@@]2(C)CC[C@H](O)C(O)=C12. The minimum atomic E-state index is -0.728. The molecule has 0 aromatic carbocycles. The molecule has 0 spiro atoms. The van der Waals surface area contributed by atoms with E-state index < -0.39 is 6.10 Å². The maximum atomic E-state index is 12.4. The fraction of sp³-hybridized carbons (Fsp3) is 0.750. The van der Waals surface area contributed by atoms with Crippen molar-refractivity contribution in [2.24, 2.45) is 28.6 Å². The predicted octanol–water partition coefficient (Wildman–Crippen LogP) is 3.93. The second-order valence-corrected chi connectivity index (χ2v) is 8.83. The zero-order valence-electron chi connectivity index (χ0n) is 14.3. The van der Waals surface area contributed by atoms with Crippen LogP contribution >= 0.6 is 0 Å². The van der Waals surface area contributed by atoms with E-state index in [1.54, 1.807) is 0 Å². The van der Waals surface area contributed by atoms with Gasteiger partial charge in [0.15, 0.2) is 0 Å². The molecule has 0 unspecified atom stereocenters. The topological polar surface area (TPSA) is 57.5 Å². The molecule has 2 N–H and O–H groups in total. The third-order valence-electron chi connectivity index (χ3n) is 7.88. The van der Waals surface area contributed by atoms with Gasteiger partial charge in [0.2, 0.25) is 0 Å². The number of ketones is 1. The summed E-state index contributed by atoms with van der Waals surface area (Å²) in [5.74, 6) is 2.10. The third kappa shape index (κ3) is 1.83. The molecule has 0 heterocycles. The molecular formula is C20H28O3. The summed E-state index contributed by atoms with van der Waals surface area (Å²) < 4.78 is 0. The standard InChI is InChI=1S/C20H28O3/c1-11-10-12-13-4-5-16(22)19(13,2)8-6-14(12)20(3)9-7-15(21)18(23)17(11)20/h12-15,21,23H,1,4-10H2,2-3H3/t12-,13-,14-,15-,19-,20+/m0/s1. The van der Waals surface area contributed by atoms with Crippen molar-refractivity contribution in [1.29, 1.82) is 0 Å². The molecule has 3 heteroatoms. The summed E-state index contributed by atoms with van der Waals surface area (Å²) in [6, 6.07) is 0. The van der Waals surface area contributed by atoms with Gasteiger partial charge in [-0.2, -0.15) is 0 Å². The summed E-state index contributed by atoms with van der Waals surface area (Å²) in [6.45, 7) is 8.70. The average Bonchev–Trinajstić information content (AvgIpc) is 2.79. The first-order valence-corrected chi connectivity index (χ1v) is 9.12. The summed E-state index contributed by atoms with van der Waals surface area (Å²) in [5.41, 5.74) is 1.71. The van der Waals surface area contributed by atoms with E-state index >= 15 is 0 Å². The van der Waals surface area contributed by atoms with Gasteiger partial charge in [0.1, 0.15) is 17.6 Å². The zero-order valence-corrected chi connectivity index (χ0v) is 14.3. The average molecular weight is 316 g/mol. The summed E-state index contributed by atoms with van der Waals surface area (Å²) in [7, 11) is 0. The maximum Gasteiger partial charge on any atom is 0.139 e. The number of carbonyl (C=O) groups excluding carboxylic acids is 1. The number of fused-ring (bicyclic) bond motifs is 5. The lowest BCUT2D eigenvalue weighted by Gasteiger charge is -2.57. The Labute approximate surface area is 138 Å². The Balaban J connectivity index is 1.78. The van der Waals surface area contributed by atoms with E-state index in [-0.39, 0.29) is 16.6 Å². The molecule has 23 heavy (non-hydrogen) atoms. The van der Waals surface area contributed by atoms with Crippen molar-refractivity contribution in [3.8, 4) is 0 Å². The van der Waals surface area contributed by atoms with Crippen molar-refractivity contribution < 1.29 is 15.0 Å². The largest absolute Gasteiger partial charge is 0.509 e. The number of hydrogen-bond acceptors (Lipinski definition) is 3. The van der Waals surface area contributed by atoms with Crippen molar-refractivity contribution in [3.63, 3.8) is 0 Å². The normalized spacial score (nSPS) is 49.7. The van der Waals surface area contributed by atoms with Crippen LogP contribution in [0.15, 0.2) is 23.5 Å². The highest BCUT2D eigenvalue weighted by atomic mass is 16.3. The molecule has 0 bridgehead atoms. The predicted molar refractivity (Wildman–Crippen MR) is 88.8 cm³/mol. The molecule has 6 atom stereocenters. The van der Waals surface area contributed by atoms with Gasteiger partial charge in [-0.15, -0.1) is 0 Å². The Morgan fingerprint density at radius 3 is 2.48 bits per heavy atom. The maximum absolute atomic E-state index is 12.4. The number of carbonyl (C=O) groups is 1. The zero-order chi connectivity index (χ0) is 16.6. The van der Waals surface area contributed by atoms with Crippen LogP contribution in [0.2, 0.25) is 0 Å². The molecule has 0 saturated heterocycles. The Hall–Kier alpha value is -1.09. The van der Waals surface area contributed by atoms with Crippen LogP contribution in [0, 0.1) is 28.6 Å². The molecule has 4 aliphatic carbocycles. The Morgan fingerprint density at radius 1 is 1.09 bits per heavy atom. The van der Waals surface area contributed by atoms with E-state index in [2.05, 4.69) is 20.4 Å². The quantitative estimate of drug-likeness (QED) is 0.712. The summed E-state index contributed by atoms with van der Waals surface area (Å²) in [5, 5.41) is 20.6. The summed E-state index contributed by atoms with van der Waals surface area (Å²) in [6.07, 6.45) is 5.48. The van der Waals surface area contributed by atoms with Crippen LogP contribution in [-0.4, -0.2) is 22.1 Å². The van der Waals surface area contributed by atoms with Crippen molar-refractivity contribution in [2.45, 2.75) is 64.9 Å². The number of aliphatic hydroxyl groups excluding tert-OH is 2. The van der Waals surface area contributed by atoms with Crippen molar-refractivity contribution in [3.05, 3.63) is 23.5 Å². The lowest BCUT2D eigenvalue weighted by Crippen LogP contribution is -2.52. The van der Waals surface area contributed by atoms with E-state index in [4.69, 9.17) is 0 Å². The fourth-order valence-electron chi connectivity index (χ4n) is 6.63. The highest BCUT2D eigenvalue weighted by Crippen LogP contribution is 2.65. The van der Waals surface area contributed by atoms with Crippen LogP contribution < -0.4 is 0 Å². The van der Waals surface area contributed by atoms with Gasteiger partial charge in [-0.3, -0.25) is 4.79 Å². The Kier molecular flexibility index (Phi) is 3.17. The van der Waals surface area contributed by atoms with Gasteiger partial charge in [-0.1, -0.05) is 20.4 Å². The van der Waals surface area contributed by atoms with Gasteiger partial charge in [0, 0.05) is 17.4 Å². The second kappa shape index (κ2) is 4.72. The first kappa shape index (κ1) is 15.4. The number of rotatable bonds is 0. The van der Waals surface area contributed by atoms with Crippen molar-refractivity contribution in [1.82, 2.24) is 0 Å². The smallest absolute Gasteiger partial charge is 0.139 e. The lowest BCUT2D eigenvalue weighted by molar-refractivity contribution is -0.132. The molecule has 0 radical (unpaired) electrons. The molecule has 0 amide bonds. The molecule has 4 rings (SSSR count). The Morgan fingerprint density at radius 2 is 1.74 bits per heavy atom. The van der Waals surface area contributed by atoms with Crippen LogP contribution in [0.25, 0.3) is 0 Å². The van der Waals surface area contributed by atoms with Gasteiger partial charge in [0.05, 0.1) is 0 Å². The fourth-order valence-corrected chi connectivity index (χ4v) is 6.63. The van der Waals surface area contributed by atoms with Crippen LogP contribution in [0.1, 0.15) is 58.8 Å². The summed E-state index contributed by atoms with van der Waals surface area (Å²) in [4.78, 5) is 12.4. The van der Waals surface area contributed by atoms with Gasteiger partial charge in [0.25, 0.3) is 0 Å². The monoisotopic (exact) mass is 316 g/mol. The van der Waals surface area contributed by atoms with Gasteiger partial charge < -0.3 is 10.2 Å². The molecule has 3 fully saturated rings. The van der Waals surface area contributed by atoms with E-state index in [1.165, 1.54) is 0 Å². The number of aliphatic hydroxyl groups is 2. The van der Waals surface area contributed by atoms with Crippen molar-refractivity contribution >= 4 is 5.78 Å². The minimum Gasteiger partial charge on any atom is -0.509 e.